The van der Waals surface area contributed by atoms with Gasteiger partial charge in [-0.2, -0.15) is 0 Å². The molecule has 1 heterocycles. The van der Waals surface area contributed by atoms with E-state index in [1.165, 1.54) is 11.1 Å². The van der Waals surface area contributed by atoms with Gasteiger partial charge in [0.05, 0.1) is 0 Å². The summed E-state index contributed by atoms with van der Waals surface area (Å²) in [5.41, 5.74) is 3.60. The summed E-state index contributed by atoms with van der Waals surface area (Å²) in [5, 5.41) is 11.7. The molecule has 0 bridgehead atoms. The number of benzene rings is 3. The van der Waals surface area contributed by atoms with Gasteiger partial charge in [0.15, 0.2) is 18.9 Å². The van der Waals surface area contributed by atoms with E-state index >= 15 is 0 Å². The molecule has 26 heavy (non-hydrogen) atoms. The zero-order chi connectivity index (χ0) is 17.8. The first-order chi connectivity index (χ1) is 12.8. The van der Waals surface area contributed by atoms with Crippen molar-refractivity contribution in [2.24, 2.45) is 0 Å². The third-order valence-electron chi connectivity index (χ3n) is 4.44. The highest BCUT2D eigenvalue weighted by Gasteiger charge is 2.01. The van der Waals surface area contributed by atoms with Crippen molar-refractivity contribution in [1.29, 1.82) is 0 Å². The summed E-state index contributed by atoms with van der Waals surface area (Å²) in [4.78, 5) is 0. The molecule has 0 aliphatic carbocycles. The van der Waals surface area contributed by atoms with Gasteiger partial charge in [-0.1, -0.05) is 60.7 Å². The van der Waals surface area contributed by atoms with Crippen LogP contribution in [0.2, 0.25) is 0 Å². The van der Waals surface area contributed by atoms with Gasteiger partial charge in [0, 0.05) is 17.7 Å². The molecule has 0 aliphatic rings. The maximum Gasteiger partial charge on any atom is 0.173 e. The second-order valence-corrected chi connectivity index (χ2v) is 6.41. The van der Waals surface area contributed by atoms with Gasteiger partial charge in [-0.3, -0.25) is 0 Å². The molecule has 0 amide bonds. The number of phenolic OH excluding ortho intramolecular Hbond substituents is 1. The lowest BCUT2D eigenvalue weighted by molar-refractivity contribution is -0.688. The molecule has 1 N–H and O–H groups in total. The van der Waals surface area contributed by atoms with E-state index in [-0.39, 0.29) is 0 Å². The summed E-state index contributed by atoms with van der Waals surface area (Å²) in [7, 11) is 0. The molecule has 126 valence electrons. The number of hydrogen-bond acceptors (Lipinski definition) is 1. The summed E-state index contributed by atoms with van der Waals surface area (Å²) >= 11 is 0. The van der Waals surface area contributed by atoms with Crippen molar-refractivity contribution in [3.05, 3.63) is 108 Å². The third kappa shape index (κ3) is 3.81. The summed E-state index contributed by atoms with van der Waals surface area (Å²) in [6.07, 6.45) is 8.45. The van der Waals surface area contributed by atoms with Gasteiger partial charge in [-0.05, 0) is 40.1 Å². The van der Waals surface area contributed by atoms with Crippen LogP contribution in [0.4, 0.5) is 0 Å². The van der Waals surface area contributed by atoms with Crippen LogP contribution in [0.25, 0.3) is 22.9 Å². The smallest absolute Gasteiger partial charge is 0.173 e. The predicted molar refractivity (Wildman–Crippen MR) is 107 cm³/mol. The van der Waals surface area contributed by atoms with Crippen LogP contribution in [0.1, 0.15) is 16.7 Å². The Kier molecular flexibility index (Phi) is 4.48. The minimum absolute atomic E-state index is 0.300. The molecule has 4 aromatic rings. The van der Waals surface area contributed by atoms with E-state index in [0.29, 0.717) is 5.75 Å². The molecule has 0 saturated heterocycles. The highest BCUT2D eigenvalue weighted by atomic mass is 16.3. The van der Waals surface area contributed by atoms with Crippen LogP contribution in [-0.2, 0) is 6.54 Å². The van der Waals surface area contributed by atoms with Crippen molar-refractivity contribution in [3.8, 4) is 5.75 Å². The fourth-order valence-electron chi connectivity index (χ4n) is 3.03. The zero-order valence-corrected chi connectivity index (χ0v) is 14.4. The van der Waals surface area contributed by atoms with E-state index in [0.717, 1.165) is 22.9 Å². The van der Waals surface area contributed by atoms with Crippen LogP contribution < -0.4 is 4.57 Å². The molecule has 0 radical (unpaired) electrons. The summed E-state index contributed by atoms with van der Waals surface area (Å²) in [5.74, 6) is 0.300. The Labute approximate surface area is 153 Å². The van der Waals surface area contributed by atoms with Crippen LogP contribution in [0, 0.1) is 0 Å². The average molecular weight is 338 g/mol. The lowest BCUT2D eigenvalue weighted by Gasteiger charge is -2.01. The molecular formula is C24H20NO+. The average Bonchev–Trinajstić information content (AvgIpc) is 2.68. The van der Waals surface area contributed by atoms with Crippen LogP contribution >= 0.6 is 0 Å². The second kappa shape index (κ2) is 7.24. The highest BCUT2D eigenvalue weighted by molar-refractivity contribution is 5.87. The number of fused-ring (bicyclic) bond motifs is 1. The SMILES string of the molecule is Oc1ccc2cc(/C=C/c3cc[n+](Cc4ccccc4)cc3)ccc2c1. The third-order valence-corrected chi connectivity index (χ3v) is 4.44. The molecule has 0 spiro atoms. The standard InChI is InChI=1S/C24H19NO/c26-24-11-10-22-16-20(8-9-23(22)17-24)7-6-19-12-14-25(15-13-19)18-21-4-2-1-3-5-21/h1-17H,18H2/p+1. The Morgan fingerprint density at radius 2 is 1.38 bits per heavy atom. The zero-order valence-electron chi connectivity index (χ0n) is 14.4. The summed E-state index contributed by atoms with van der Waals surface area (Å²) in [6, 6.07) is 26.4. The van der Waals surface area contributed by atoms with Gasteiger partial charge in [0.25, 0.3) is 0 Å². The first-order valence-electron chi connectivity index (χ1n) is 8.70. The van der Waals surface area contributed by atoms with Crippen molar-refractivity contribution >= 4 is 22.9 Å². The number of pyridine rings is 1. The van der Waals surface area contributed by atoms with Gasteiger partial charge in [-0.25, -0.2) is 4.57 Å². The Balaban J connectivity index is 1.49. The molecule has 0 saturated carbocycles. The largest absolute Gasteiger partial charge is 0.508 e. The van der Waals surface area contributed by atoms with E-state index in [9.17, 15) is 5.11 Å². The Morgan fingerprint density at radius 1 is 0.692 bits per heavy atom. The quantitative estimate of drug-likeness (QED) is 0.517. The number of hydrogen-bond donors (Lipinski definition) is 1. The van der Waals surface area contributed by atoms with E-state index in [4.69, 9.17) is 0 Å². The minimum Gasteiger partial charge on any atom is -0.508 e. The van der Waals surface area contributed by atoms with Crippen molar-refractivity contribution in [2.75, 3.05) is 0 Å². The molecule has 4 rings (SSSR count). The lowest BCUT2D eigenvalue weighted by Crippen LogP contribution is -2.32. The normalized spacial score (nSPS) is 11.2. The van der Waals surface area contributed by atoms with Gasteiger partial charge in [-0.15, -0.1) is 0 Å². The summed E-state index contributed by atoms with van der Waals surface area (Å²) in [6.45, 7) is 0.877. The fourth-order valence-corrected chi connectivity index (χ4v) is 3.03. The first kappa shape index (κ1) is 16.1. The Bertz CT molecular complexity index is 1050. The number of aromatic hydroxyl groups is 1. The molecule has 0 atom stereocenters. The molecule has 0 aliphatic heterocycles. The molecular weight excluding hydrogens is 318 g/mol. The van der Waals surface area contributed by atoms with Crippen molar-refractivity contribution in [2.45, 2.75) is 6.54 Å². The first-order valence-corrected chi connectivity index (χ1v) is 8.70. The van der Waals surface area contributed by atoms with E-state index in [1.54, 1.807) is 12.1 Å². The molecule has 0 unspecified atom stereocenters. The molecule has 1 aromatic heterocycles. The molecule has 2 heteroatoms. The topological polar surface area (TPSA) is 24.1 Å². The number of aromatic nitrogens is 1. The monoisotopic (exact) mass is 338 g/mol. The Morgan fingerprint density at radius 3 is 2.19 bits per heavy atom. The number of nitrogens with zero attached hydrogens (tertiary/aromatic N) is 1. The maximum atomic E-state index is 9.55. The molecule has 2 nitrogen and oxygen atoms in total. The predicted octanol–water partition coefficient (Wildman–Crippen LogP) is 5.05. The van der Waals surface area contributed by atoms with Gasteiger partial charge < -0.3 is 5.11 Å². The maximum absolute atomic E-state index is 9.55. The molecule has 0 fully saturated rings. The van der Waals surface area contributed by atoms with Crippen LogP contribution in [0.15, 0.2) is 91.3 Å². The second-order valence-electron chi connectivity index (χ2n) is 6.41. The van der Waals surface area contributed by atoms with Gasteiger partial charge >= 0.3 is 0 Å². The van der Waals surface area contributed by atoms with Crippen molar-refractivity contribution in [3.63, 3.8) is 0 Å². The van der Waals surface area contributed by atoms with E-state index < -0.39 is 0 Å². The van der Waals surface area contributed by atoms with Gasteiger partial charge in [0.2, 0.25) is 0 Å². The molecule has 3 aromatic carbocycles. The van der Waals surface area contributed by atoms with E-state index in [2.05, 4.69) is 77.6 Å². The Hall–Kier alpha value is -3.39. The lowest BCUT2D eigenvalue weighted by atomic mass is 10.1. The van der Waals surface area contributed by atoms with Crippen molar-refractivity contribution in [1.82, 2.24) is 0 Å². The van der Waals surface area contributed by atoms with E-state index in [1.807, 2.05) is 18.2 Å². The highest BCUT2D eigenvalue weighted by Crippen LogP contribution is 2.22. The fraction of sp³-hybridized carbons (Fsp3) is 0.0417. The minimum atomic E-state index is 0.300. The van der Waals surface area contributed by atoms with Crippen LogP contribution in [0.5, 0.6) is 5.75 Å². The number of rotatable bonds is 4. The summed E-state index contributed by atoms with van der Waals surface area (Å²) < 4.78 is 2.18. The van der Waals surface area contributed by atoms with Crippen LogP contribution in [-0.4, -0.2) is 5.11 Å². The van der Waals surface area contributed by atoms with Crippen molar-refractivity contribution < 1.29 is 9.67 Å². The number of phenols is 1. The van der Waals surface area contributed by atoms with Crippen LogP contribution in [0.3, 0.4) is 0 Å². The van der Waals surface area contributed by atoms with Gasteiger partial charge in [0.1, 0.15) is 5.75 Å².